The van der Waals surface area contributed by atoms with Crippen molar-refractivity contribution in [3.05, 3.63) is 49.3 Å². The second-order valence-corrected chi connectivity index (χ2v) is 8.16. The molecule has 0 amide bonds. The third-order valence-corrected chi connectivity index (χ3v) is 6.00. The summed E-state index contributed by atoms with van der Waals surface area (Å²) in [5.74, 6) is -0.609. The van der Waals surface area contributed by atoms with Crippen LogP contribution in [0.3, 0.4) is 0 Å². The molecule has 102 valence electrons. The van der Waals surface area contributed by atoms with E-state index in [1.54, 1.807) is 0 Å². The molecule has 0 radical (unpaired) electrons. The van der Waals surface area contributed by atoms with Crippen molar-refractivity contribution in [2.75, 3.05) is 0 Å². The summed E-state index contributed by atoms with van der Waals surface area (Å²) in [6, 6.07) is 5.53. The highest BCUT2D eigenvalue weighted by atomic mass is 79.9. The third-order valence-electron chi connectivity index (χ3n) is 2.26. The summed E-state index contributed by atoms with van der Waals surface area (Å²) in [4.78, 5) is 0.775. The normalized spacial score (nSPS) is 11.7. The van der Waals surface area contributed by atoms with E-state index in [2.05, 4.69) is 36.6 Å². The van der Waals surface area contributed by atoms with E-state index in [4.69, 9.17) is 0 Å². The molecule has 19 heavy (non-hydrogen) atoms. The summed E-state index contributed by atoms with van der Waals surface area (Å²) in [6.07, 6.45) is 0. The minimum Gasteiger partial charge on any atom is -0.207 e. The van der Waals surface area contributed by atoms with Crippen LogP contribution in [0.5, 0.6) is 0 Å². The van der Waals surface area contributed by atoms with E-state index < -0.39 is 15.8 Å². The largest absolute Gasteiger partial charge is 0.241 e. The molecule has 0 unspecified atom stereocenters. The van der Waals surface area contributed by atoms with Crippen molar-refractivity contribution in [2.45, 2.75) is 11.4 Å². The van der Waals surface area contributed by atoms with E-state index in [0.29, 0.717) is 0 Å². The lowest BCUT2D eigenvalue weighted by Gasteiger charge is -2.06. The Hall–Kier alpha value is -0.280. The second-order valence-electron chi connectivity index (χ2n) is 3.63. The van der Waals surface area contributed by atoms with Gasteiger partial charge in [0.15, 0.2) is 0 Å². The van der Waals surface area contributed by atoms with Crippen molar-refractivity contribution in [1.82, 2.24) is 4.72 Å². The van der Waals surface area contributed by atoms with Gasteiger partial charge in [0.05, 0.1) is 9.37 Å². The molecule has 0 saturated heterocycles. The fourth-order valence-corrected chi connectivity index (χ4v) is 4.09. The number of rotatable bonds is 4. The van der Waals surface area contributed by atoms with Gasteiger partial charge in [-0.05, 0) is 56.1 Å². The lowest BCUT2D eigenvalue weighted by Crippen LogP contribution is -2.22. The monoisotopic (exact) mass is 427 g/mol. The zero-order chi connectivity index (χ0) is 14.0. The third kappa shape index (κ3) is 3.85. The first kappa shape index (κ1) is 15.1. The quantitative estimate of drug-likeness (QED) is 0.802. The molecule has 1 aromatic heterocycles. The van der Waals surface area contributed by atoms with E-state index in [9.17, 15) is 12.8 Å². The number of halogens is 3. The van der Waals surface area contributed by atoms with E-state index in [1.165, 1.54) is 23.5 Å². The first-order chi connectivity index (χ1) is 8.88. The van der Waals surface area contributed by atoms with Crippen molar-refractivity contribution < 1.29 is 12.8 Å². The highest BCUT2D eigenvalue weighted by Gasteiger charge is 2.15. The molecular formula is C11H8Br2FNO2S2. The maximum absolute atomic E-state index is 13.3. The summed E-state index contributed by atoms with van der Waals surface area (Å²) in [6.45, 7) is 0.177. The van der Waals surface area contributed by atoms with Crippen molar-refractivity contribution in [3.8, 4) is 0 Å². The molecule has 0 bridgehead atoms. The molecule has 2 aromatic rings. The molecule has 2 rings (SSSR count). The van der Waals surface area contributed by atoms with Crippen LogP contribution < -0.4 is 4.72 Å². The standard InChI is InChI=1S/C11H8Br2FNO2S2/c12-7-3-8(18-6-7)5-15-19(16,17)9-1-2-10(13)11(14)4-9/h1-4,6,15H,5H2. The van der Waals surface area contributed by atoms with Crippen LogP contribution in [0.4, 0.5) is 4.39 Å². The van der Waals surface area contributed by atoms with Gasteiger partial charge in [-0.1, -0.05) is 0 Å². The number of hydrogen-bond acceptors (Lipinski definition) is 3. The maximum atomic E-state index is 13.3. The Morgan fingerprint density at radius 2 is 2.00 bits per heavy atom. The van der Waals surface area contributed by atoms with E-state index in [1.807, 2.05) is 11.4 Å². The van der Waals surface area contributed by atoms with Crippen LogP contribution in [0.2, 0.25) is 0 Å². The molecule has 8 heteroatoms. The summed E-state index contributed by atoms with van der Waals surface area (Å²) in [7, 11) is -3.71. The Balaban J connectivity index is 2.16. The number of sulfonamides is 1. The van der Waals surface area contributed by atoms with Gasteiger partial charge in [0.25, 0.3) is 0 Å². The van der Waals surface area contributed by atoms with Gasteiger partial charge in [-0.25, -0.2) is 17.5 Å². The van der Waals surface area contributed by atoms with Gasteiger partial charge in [-0.2, -0.15) is 0 Å². The average Bonchev–Trinajstić information content (AvgIpc) is 2.76. The number of nitrogens with one attached hydrogen (secondary N) is 1. The summed E-state index contributed by atoms with van der Waals surface area (Å²) in [5, 5.41) is 1.86. The van der Waals surface area contributed by atoms with Crippen LogP contribution in [-0.2, 0) is 16.6 Å². The van der Waals surface area contributed by atoms with Crippen molar-refractivity contribution in [2.24, 2.45) is 0 Å². The Kier molecular flexibility index (Phi) is 4.78. The Bertz CT molecular complexity index is 700. The number of thiophene rings is 1. The van der Waals surface area contributed by atoms with Gasteiger partial charge in [-0.15, -0.1) is 11.3 Å². The predicted molar refractivity (Wildman–Crippen MR) is 80.1 cm³/mol. The molecule has 1 heterocycles. The topological polar surface area (TPSA) is 46.2 Å². The molecule has 0 atom stereocenters. The zero-order valence-corrected chi connectivity index (χ0v) is 14.2. The molecule has 0 aliphatic carbocycles. The van der Waals surface area contributed by atoms with Crippen LogP contribution >= 0.6 is 43.2 Å². The lowest BCUT2D eigenvalue weighted by molar-refractivity contribution is 0.577. The van der Waals surface area contributed by atoms with Gasteiger partial charge in [-0.3, -0.25) is 0 Å². The van der Waals surface area contributed by atoms with Gasteiger partial charge >= 0.3 is 0 Å². The van der Waals surface area contributed by atoms with Crippen molar-refractivity contribution >= 4 is 53.2 Å². The highest BCUT2D eigenvalue weighted by Crippen LogP contribution is 2.21. The molecule has 3 nitrogen and oxygen atoms in total. The van der Waals surface area contributed by atoms with E-state index >= 15 is 0 Å². The molecule has 0 aliphatic heterocycles. The van der Waals surface area contributed by atoms with Crippen LogP contribution in [0.1, 0.15) is 4.88 Å². The van der Waals surface area contributed by atoms with Crippen LogP contribution in [-0.4, -0.2) is 8.42 Å². The van der Waals surface area contributed by atoms with Crippen molar-refractivity contribution in [3.63, 3.8) is 0 Å². The molecule has 1 N–H and O–H groups in total. The number of hydrogen-bond donors (Lipinski definition) is 1. The Labute approximate surface area is 131 Å². The fraction of sp³-hybridized carbons (Fsp3) is 0.0909. The highest BCUT2D eigenvalue weighted by molar-refractivity contribution is 9.10. The van der Waals surface area contributed by atoms with Gasteiger partial charge < -0.3 is 0 Å². The van der Waals surface area contributed by atoms with E-state index in [0.717, 1.165) is 15.4 Å². The first-order valence-electron chi connectivity index (χ1n) is 5.06. The SMILES string of the molecule is O=S(=O)(NCc1cc(Br)cs1)c1ccc(Br)c(F)c1. The molecule has 1 aromatic carbocycles. The fourth-order valence-electron chi connectivity index (χ4n) is 1.34. The molecule has 0 spiro atoms. The molecule has 0 aliphatic rings. The van der Waals surface area contributed by atoms with Gasteiger partial charge in [0, 0.05) is 21.3 Å². The summed E-state index contributed by atoms with van der Waals surface area (Å²) >= 11 is 7.71. The summed E-state index contributed by atoms with van der Waals surface area (Å²) in [5.41, 5.74) is 0. The minimum absolute atomic E-state index is 0.0937. The van der Waals surface area contributed by atoms with Crippen LogP contribution in [0.25, 0.3) is 0 Å². The molecular weight excluding hydrogens is 421 g/mol. The predicted octanol–water partition coefficient (Wildman–Crippen LogP) is 3.89. The smallest absolute Gasteiger partial charge is 0.207 e. The Morgan fingerprint density at radius 1 is 1.26 bits per heavy atom. The van der Waals surface area contributed by atoms with Crippen LogP contribution in [0, 0.1) is 5.82 Å². The van der Waals surface area contributed by atoms with Gasteiger partial charge in [0.1, 0.15) is 5.82 Å². The molecule has 0 saturated carbocycles. The van der Waals surface area contributed by atoms with E-state index in [-0.39, 0.29) is 15.9 Å². The lowest BCUT2D eigenvalue weighted by atomic mass is 10.3. The van der Waals surface area contributed by atoms with Gasteiger partial charge in [0.2, 0.25) is 10.0 Å². The number of benzene rings is 1. The summed E-state index contributed by atoms with van der Waals surface area (Å²) < 4.78 is 40.8. The Morgan fingerprint density at radius 3 is 2.58 bits per heavy atom. The molecule has 0 fully saturated rings. The zero-order valence-electron chi connectivity index (χ0n) is 9.36. The van der Waals surface area contributed by atoms with Crippen LogP contribution in [0.15, 0.2) is 43.5 Å². The second kappa shape index (κ2) is 6.01. The van der Waals surface area contributed by atoms with Crippen molar-refractivity contribution in [1.29, 1.82) is 0 Å². The average molecular weight is 429 g/mol. The minimum atomic E-state index is -3.71. The first-order valence-corrected chi connectivity index (χ1v) is 9.01. The maximum Gasteiger partial charge on any atom is 0.241 e.